The number of ether oxygens (including phenoxy) is 1. The Morgan fingerprint density at radius 2 is 1.82 bits per heavy atom. The smallest absolute Gasteiger partial charge is 0.338 e. The van der Waals surface area contributed by atoms with E-state index in [0.717, 1.165) is 16.6 Å². The van der Waals surface area contributed by atoms with Gasteiger partial charge in [-0.15, -0.1) is 5.11 Å². The van der Waals surface area contributed by atoms with Crippen molar-refractivity contribution in [1.82, 2.24) is 4.57 Å². The van der Waals surface area contributed by atoms with Gasteiger partial charge in [0, 0.05) is 6.54 Å². The molecule has 0 fully saturated rings. The highest BCUT2D eigenvalue weighted by atomic mass is 16.5. The Morgan fingerprint density at radius 1 is 1.12 bits per heavy atom. The SMILES string of the molecule is [C-]#[N+]c1c(C)c(N=Nc2ccc(C(=O)OCc3ccccc3)cc2)c(=O)n(CCCC)c1O. The molecule has 1 N–H and O–H groups in total. The van der Waals surface area contributed by atoms with Crippen LogP contribution in [0.15, 0.2) is 69.6 Å². The van der Waals surface area contributed by atoms with Crippen LogP contribution in [-0.4, -0.2) is 15.6 Å². The van der Waals surface area contributed by atoms with Crippen LogP contribution >= 0.6 is 0 Å². The summed E-state index contributed by atoms with van der Waals surface area (Å²) < 4.78 is 6.46. The Labute approximate surface area is 191 Å². The van der Waals surface area contributed by atoms with Crippen LogP contribution in [0.1, 0.15) is 41.3 Å². The summed E-state index contributed by atoms with van der Waals surface area (Å²) in [5.74, 6) is -0.810. The lowest BCUT2D eigenvalue weighted by Gasteiger charge is -2.12. The van der Waals surface area contributed by atoms with Crippen molar-refractivity contribution < 1.29 is 14.6 Å². The molecular formula is C25H24N4O4. The minimum atomic E-state index is -0.504. The molecule has 1 aromatic heterocycles. The van der Waals surface area contributed by atoms with Crippen molar-refractivity contribution in [2.75, 3.05) is 0 Å². The van der Waals surface area contributed by atoms with Gasteiger partial charge in [-0.05, 0) is 48.7 Å². The van der Waals surface area contributed by atoms with Crippen molar-refractivity contribution in [3.05, 3.63) is 93.1 Å². The number of rotatable bonds is 8. The highest BCUT2D eigenvalue weighted by molar-refractivity contribution is 5.89. The first-order valence-corrected chi connectivity index (χ1v) is 10.5. The summed E-state index contributed by atoms with van der Waals surface area (Å²) in [6.07, 6.45) is 1.50. The molecule has 0 aliphatic carbocycles. The molecule has 0 aliphatic rings. The Morgan fingerprint density at radius 3 is 2.45 bits per heavy atom. The van der Waals surface area contributed by atoms with Gasteiger partial charge in [0.15, 0.2) is 5.88 Å². The van der Waals surface area contributed by atoms with Gasteiger partial charge >= 0.3 is 5.97 Å². The average molecular weight is 444 g/mol. The van der Waals surface area contributed by atoms with E-state index < -0.39 is 11.5 Å². The second kappa shape index (κ2) is 10.9. The standard InChI is InChI=1S/C25H24N4O4/c1-4-5-15-29-23(30)21(26-3)17(2)22(24(29)31)28-27-20-13-11-19(12-14-20)25(32)33-16-18-9-7-6-8-10-18/h6-14,30H,4-5,15-16H2,1-2H3. The predicted octanol–water partition coefficient (Wildman–Crippen LogP) is 5.99. The normalized spacial score (nSPS) is 10.8. The lowest BCUT2D eigenvalue weighted by molar-refractivity contribution is 0.0472. The van der Waals surface area contributed by atoms with E-state index in [0.29, 0.717) is 17.7 Å². The molecule has 0 saturated heterocycles. The van der Waals surface area contributed by atoms with E-state index in [2.05, 4.69) is 15.1 Å². The molecule has 2 aromatic carbocycles. The minimum Gasteiger partial charge on any atom is -0.503 e. The van der Waals surface area contributed by atoms with Crippen molar-refractivity contribution in [1.29, 1.82) is 0 Å². The van der Waals surface area contributed by atoms with Gasteiger partial charge in [0.25, 0.3) is 5.56 Å². The Kier molecular flexibility index (Phi) is 7.71. The molecule has 3 rings (SSSR count). The maximum absolute atomic E-state index is 12.8. The quantitative estimate of drug-likeness (QED) is 0.262. The zero-order valence-corrected chi connectivity index (χ0v) is 18.5. The molecule has 8 heteroatoms. The van der Waals surface area contributed by atoms with Gasteiger partial charge in [-0.2, -0.15) is 5.11 Å². The number of aromatic nitrogens is 1. The highest BCUT2D eigenvalue weighted by Gasteiger charge is 2.19. The van der Waals surface area contributed by atoms with Crippen LogP contribution in [0.5, 0.6) is 5.88 Å². The summed E-state index contributed by atoms with van der Waals surface area (Å²) in [6, 6.07) is 15.7. The van der Waals surface area contributed by atoms with Crippen LogP contribution in [0.4, 0.5) is 17.1 Å². The van der Waals surface area contributed by atoms with E-state index in [-0.39, 0.29) is 36.0 Å². The zero-order valence-electron chi connectivity index (χ0n) is 18.5. The number of azo groups is 1. The number of benzene rings is 2. The maximum Gasteiger partial charge on any atom is 0.338 e. The molecular weight excluding hydrogens is 420 g/mol. The fourth-order valence-electron chi connectivity index (χ4n) is 3.15. The van der Waals surface area contributed by atoms with E-state index >= 15 is 0 Å². The number of esters is 1. The maximum atomic E-state index is 12.8. The van der Waals surface area contributed by atoms with E-state index in [1.54, 1.807) is 31.2 Å². The molecule has 0 unspecified atom stereocenters. The van der Waals surface area contributed by atoms with Gasteiger partial charge in [-0.3, -0.25) is 9.36 Å². The van der Waals surface area contributed by atoms with E-state index in [1.165, 1.54) is 0 Å². The van der Waals surface area contributed by atoms with Crippen LogP contribution in [0.25, 0.3) is 4.85 Å². The first kappa shape index (κ1) is 23.4. The molecule has 0 radical (unpaired) electrons. The number of nitrogens with zero attached hydrogens (tertiary/aromatic N) is 4. The number of carbonyl (C=O) groups is 1. The topological polar surface area (TPSA) is 97.6 Å². The molecule has 0 spiro atoms. The van der Waals surface area contributed by atoms with Gasteiger partial charge in [0.2, 0.25) is 5.69 Å². The first-order chi connectivity index (χ1) is 16.0. The first-order valence-electron chi connectivity index (χ1n) is 10.5. The monoisotopic (exact) mass is 444 g/mol. The zero-order chi connectivity index (χ0) is 23.8. The molecule has 33 heavy (non-hydrogen) atoms. The molecule has 0 bridgehead atoms. The third-order valence-electron chi connectivity index (χ3n) is 5.05. The second-order valence-corrected chi connectivity index (χ2v) is 7.38. The number of hydrogen-bond donors (Lipinski definition) is 1. The third-order valence-corrected chi connectivity index (χ3v) is 5.05. The van der Waals surface area contributed by atoms with Crippen LogP contribution in [-0.2, 0) is 17.9 Å². The fourth-order valence-corrected chi connectivity index (χ4v) is 3.15. The Balaban J connectivity index is 1.79. The van der Waals surface area contributed by atoms with Crippen molar-refractivity contribution >= 4 is 23.0 Å². The molecule has 0 amide bonds. The third kappa shape index (κ3) is 5.52. The van der Waals surface area contributed by atoms with Gasteiger partial charge in [-0.25, -0.2) is 9.64 Å². The number of carbonyl (C=O) groups excluding carboxylic acids is 1. The Hall–Kier alpha value is -4.25. The van der Waals surface area contributed by atoms with Crippen LogP contribution in [0, 0.1) is 13.5 Å². The van der Waals surface area contributed by atoms with Gasteiger partial charge in [0.05, 0.1) is 17.8 Å². The Bertz CT molecular complexity index is 1260. The molecule has 0 atom stereocenters. The van der Waals surface area contributed by atoms with Gasteiger partial charge in [0.1, 0.15) is 12.3 Å². The van der Waals surface area contributed by atoms with Crippen LogP contribution in [0.2, 0.25) is 0 Å². The summed E-state index contributed by atoms with van der Waals surface area (Å²) in [7, 11) is 0. The summed E-state index contributed by atoms with van der Waals surface area (Å²) in [4.78, 5) is 28.4. The lowest BCUT2D eigenvalue weighted by Crippen LogP contribution is -2.20. The predicted molar refractivity (Wildman–Crippen MR) is 124 cm³/mol. The molecule has 8 nitrogen and oxygen atoms in total. The van der Waals surface area contributed by atoms with E-state index in [4.69, 9.17) is 11.3 Å². The summed E-state index contributed by atoms with van der Waals surface area (Å²) in [6.45, 7) is 11.3. The van der Waals surface area contributed by atoms with Crippen LogP contribution < -0.4 is 5.56 Å². The van der Waals surface area contributed by atoms with Crippen molar-refractivity contribution in [3.8, 4) is 5.88 Å². The number of hydrogen-bond acceptors (Lipinski definition) is 6. The molecule has 1 heterocycles. The number of pyridine rings is 1. The summed E-state index contributed by atoms with van der Waals surface area (Å²) in [5, 5.41) is 18.5. The van der Waals surface area contributed by atoms with Gasteiger partial charge in [-0.1, -0.05) is 43.7 Å². The van der Waals surface area contributed by atoms with Crippen molar-refractivity contribution in [2.45, 2.75) is 39.8 Å². The largest absolute Gasteiger partial charge is 0.503 e. The molecule has 0 aliphatic heterocycles. The molecule has 3 aromatic rings. The van der Waals surface area contributed by atoms with Crippen LogP contribution in [0.3, 0.4) is 0 Å². The van der Waals surface area contributed by atoms with Gasteiger partial charge < -0.3 is 9.84 Å². The van der Waals surface area contributed by atoms with E-state index in [9.17, 15) is 14.7 Å². The fraction of sp³-hybridized carbons (Fsp3) is 0.240. The molecule has 0 saturated carbocycles. The summed E-state index contributed by atoms with van der Waals surface area (Å²) in [5.41, 5.74) is 1.43. The lowest BCUT2D eigenvalue weighted by atomic mass is 10.2. The minimum absolute atomic E-state index is 0.00116. The number of aromatic hydroxyl groups is 1. The van der Waals surface area contributed by atoms with Crippen molar-refractivity contribution in [3.63, 3.8) is 0 Å². The summed E-state index contributed by atoms with van der Waals surface area (Å²) >= 11 is 0. The van der Waals surface area contributed by atoms with Crippen molar-refractivity contribution in [2.24, 2.45) is 10.2 Å². The second-order valence-electron chi connectivity index (χ2n) is 7.38. The number of unbranched alkanes of at least 4 members (excludes halogenated alkanes) is 1. The molecule has 168 valence electrons. The van der Waals surface area contributed by atoms with E-state index in [1.807, 2.05) is 37.3 Å². The average Bonchev–Trinajstić information content (AvgIpc) is 2.83. The highest BCUT2D eigenvalue weighted by Crippen LogP contribution is 2.34.